The van der Waals surface area contributed by atoms with Crippen LogP contribution in [0.3, 0.4) is 0 Å². The highest BCUT2D eigenvalue weighted by molar-refractivity contribution is 5.68. The monoisotopic (exact) mass is 324 g/mol. The molecule has 6 heteroatoms. The lowest BCUT2D eigenvalue weighted by Gasteiger charge is -2.26. The normalized spacial score (nSPS) is 20.9. The Morgan fingerprint density at radius 1 is 1.48 bits per heavy atom. The highest BCUT2D eigenvalue weighted by atomic mass is 16.6. The standard InChI is InChI=1S/C17H28N2O4/c1-17(2,3)23-16(21)19-9-4-6-13(8-10-19)18-14(12-20)15-7-5-11-22-15/h5,7,11,13-14,18,20H,4,6,8-10,12H2,1-3H3/t13-,14+/m0/s1. The summed E-state index contributed by atoms with van der Waals surface area (Å²) in [5.74, 6) is 0.737. The summed E-state index contributed by atoms with van der Waals surface area (Å²) in [5.41, 5.74) is -0.470. The first-order valence-corrected chi connectivity index (χ1v) is 8.27. The van der Waals surface area contributed by atoms with Crippen LogP contribution in [0.4, 0.5) is 4.79 Å². The van der Waals surface area contributed by atoms with Crippen molar-refractivity contribution >= 4 is 6.09 Å². The molecule has 2 heterocycles. The van der Waals surface area contributed by atoms with Gasteiger partial charge >= 0.3 is 6.09 Å². The summed E-state index contributed by atoms with van der Waals surface area (Å²) in [6, 6.07) is 3.71. The number of nitrogens with zero attached hydrogens (tertiary/aromatic N) is 1. The first kappa shape index (κ1) is 17.8. The lowest BCUT2D eigenvalue weighted by molar-refractivity contribution is 0.0255. The van der Waals surface area contributed by atoms with Gasteiger partial charge in [-0.3, -0.25) is 0 Å². The smallest absolute Gasteiger partial charge is 0.410 e. The summed E-state index contributed by atoms with van der Waals surface area (Å²) in [6.07, 6.45) is 4.06. The fourth-order valence-electron chi connectivity index (χ4n) is 2.77. The van der Waals surface area contributed by atoms with Crippen molar-refractivity contribution in [2.75, 3.05) is 19.7 Å². The molecule has 0 aromatic carbocycles. The Balaban J connectivity index is 1.87. The van der Waals surface area contributed by atoms with Gasteiger partial charge < -0.3 is 24.5 Å². The van der Waals surface area contributed by atoms with Gasteiger partial charge in [-0.25, -0.2) is 4.79 Å². The van der Waals surface area contributed by atoms with Gasteiger partial charge in [0.05, 0.1) is 18.9 Å². The zero-order chi connectivity index (χ0) is 16.9. The van der Waals surface area contributed by atoms with Crippen molar-refractivity contribution in [3.63, 3.8) is 0 Å². The number of ether oxygens (including phenoxy) is 1. The van der Waals surface area contributed by atoms with E-state index in [9.17, 15) is 9.90 Å². The number of hydrogen-bond acceptors (Lipinski definition) is 5. The van der Waals surface area contributed by atoms with E-state index in [-0.39, 0.29) is 24.8 Å². The van der Waals surface area contributed by atoms with Crippen LogP contribution in [0.1, 0.15) is 51.8 Å². The van der Waals surface area contributed by atoms with Crippen molar-refractivity contribution in [1.29, 1.82) is 0 Å². The van der Waals surface area contributed by atoms with Crippen LogP contribution in [-0.2, 0) is 4.74 Å². The number of rotatable bonds is 4. The molecule has 1 aliphatic rings. The molecule has 0 unspecified atom stereocenters. The van der Waals surface area contributed by atoms with Crippen molar-refractivity contribution < 1.29 is 19.1 Å². The molecule has 6 nitrogen and oxygen atoms in total. The Bertz CT molecular complexity index is 481. The third-order valence-electron chi connectivity index (χ3n) is 3.89. The number of furan rings is 1. The number of carbonyl (C=O) groups excluding carboxylic acids is 1. The number of aliphatic hydroxyl groups excluding tert-OH is 1. The van der Waals surface area contributed by atoms with E-state index in [0.717, 1.165) is 25.0 Å². The zero-order valence-corrected chi connectivity index (χ0v) is 14.2. The van der Waals surface area contributed by atoms with E-state index in [1.807, 2.05) is 32.9 Å². The first-order chi connectivity index (χ1) is 10.9. The van der Waals surface area contributed by atoms with Crippen LogP contribution in [0.15, 0.2) is 22.8 Å². The fourth-order valence-corrected chi connectivity index (χ4v) is 2.77. The Morgan fingerprint density at radius 3 is 2.87 bits per heavy atom. The van der Waals surface area contributed by atoms with Gasteiger partial charge in [0.15, 0.2) is 0 Å². The minimum Gasteiger partial charge on any atom is -0.468 e. The lowest BCUT2D eigenvalue weighted by atomic mass is 10.1. The Kier molecular flexibility index (Phi) is 6.07. The van der Waals surface area contributed by atoms with Crippen molar-refractivity contribution in [2.45, 2.75) is 57.7 Å². The average molecular weight is 324 g/mol. The van der Waals surface area contributed by atoms with Crippen molar-refractivity contribution in [1.82, 2.24) is 10.2 Å². The van der Waals surface area contributed by atoms with Gasteiger partial charge in [0.2, 0.25) is 0 Å². The summed E-state index contributed by atoms with van der Waals surface area (Å²) in [5, 5.41) is 13.0. The molecular weight excluding hydrogens is 296 g/mol. The molecule has 2 atom stereocenters. The molecule has 1 aromatic heterocycles. The third kappa shape index (κ3) is 5.55. The Labute approximate surface area is 137 Å². The molecule has 2 rings (SSSR count). The molecular formula is C17H28N2O4. The Morgan fingerprint density at radius 2 is 2.26 bits per heavy atom. The maximum Gasteiger partial charge on any atom is 0.410 e. The lowest BCUT2D eigenvalue weighted by Crippen LogP contribution is -2.39. The van der Waals surface area contributed by atoms with Crippen molar-refractivity contribution in [3.05, 3.63) is 24.2 Å². The predicted molar refractivity (Wildman–Crippen MR) is 87.1 cm³/mol. The molecule has 0 radical (unpaired) electrons. The molecule has 1 fully saturated rings. The first-order valence-electron chi connectivity index (χ1n) is 8.27. The topological polar surface area (TPSA) is 74.9 Å². The van der Waals surface area contributed by atoms with E-state index in [1.165, 1.54) is 0 Å². The maximum atomic E-state index is 12.2. The van der Waals surface area contributed by atoms with Crippen LogP contribution < -0.4 is 5.32 Å². The van der Waals surface area contributed by atoms with Crippen LogP contribution in [0.2, 0.25) is 0 Å². The highest BCUT2D eigenvalue weighted by Gasteiger charge is 2.26. The van der Waals surface area contributed by atoms with Crippen LogP contribution in [0.5, 0.6) is 0 Å². The van der Waals surface area contributed by atoms with E-state index in [2.05, 4.69) is 5.32 Å². The molecule has 130 valence electrons. The third-order valence-corrected chi connectivity index (χ3v) is 3.89. The van der Waals surface area contributed by atoms with Crippen LogP contribution >= 0.6 is 0 Å². The molecule has 2 N–H and O–H groups in total. The summed E-state index contributed by atoms with van der Waals surface area (Å²) < 4.78 is 10.8. The zero-order valence-electron chi connectivity index (χ0n) is 14.2. The van der Waals surface area contributed by atoms with Gasteiger partial charge in [0, 0.05) is 19.1 Å². The summed E-state index contributed by atoms with van der Waals surface area (Å²) in [6.45, 7) is 6.98. The summed E-state index contributed by atoms with van der Waals surface area (Å²) in [4.78, 5) is 13.9. The van der Waals surface area contributed by atoms with Gasteiger partial charge in [-0.05, 0) is 52.2 Å². The molecule has 0 spiro atoms. The number of likely N-dealkylation sites (tertiary alicyclic amines) is 1. The highest BCUT2D eigenvalue weighted by Crippen LogP contribution is 2.19. The number of aliphatic hydroxyl groups is 1. The Hall–Kier alpha value is -1.53. The van der Waals surface area contributed by atoms with Gasteiger partial charge in [-0.2, -0.15) is 0 Å². The van der Waals surface area contributed by atoms with Crippen LogP contribution in [0.25, 0.3) is 0 Å². The van der Waals surface area contributed by atoms with Crippen molar-refractivity contribution in [3.8, 4) is 0 Å². The maximum absolute atomic E-state index is 12.2. The van der Waals surface area contributed by atoms with Gasteiger partial charge in [-0.15, -0.1) is 0 Å². The molecule has 0 aliphatic carbocycles. The molecule has 1 aliphatic heterocycles. The molecule has 0 saturated carbocycles. The van der Waals surface area contributed by atoms with E-state index in [1.54, 1.807) is 11.2 Å². The number of amides is 1. The number of nitrogens with one attached hydrogen (secondary N) is 1. The van der Waals surface area contributed by atoms with Crippen molar-refractivity contribution in [2.24, 2.45) is 0 Å². The molecule has 1 aromatic rings. The predicted octanol–water partition coefficient (Wildman–Crippen LogP) is 2.69. The van der Waals surface area contributed by atoms with E-state index in [4.69, 9.17) is 9.15 Å². The molecule has 1 saturated heterocycles. The van der Waals surface area contributed by atoms with Crippen LogP contribution in [0, 0.1) is 0 Å². The van der Waals surface area contributed by atoms with E-state index < -0.39 is 5.60 Å². The van der Waals surface area contributed by atoms with E-state index >= 15 is 0 Å². The van der Waals surface area contributed by atoms with Gasteiger partial charge in [0.1, 0.15) is 11.4 Å². The minimum absolute atomic E-state index is 0.0141. The molecule has 1 amide bonds. The number of hydrogen-bond donors (Lipinski definition) is 2. The minimum atomic E-state index is -0.470. The largest absolute Gasteiger partial charge is 0.468 e. The second-order valence-electron chi connectivity index (χ2n) is 7.01. The fraction of sp³-hybridized carbons (Fsp3) is 0.706. The second kappa shape index (κ2) is 7.84. The SMILES string of the molecule is CC(C)(C)OC(=O)N1CCC[C@H](N[C@H](CO)c2ccco2)CC1. The summed E-state index contributed by atoms with van der Waals surface area (Å²) >= 11 is 0. The quantitative estimate of drug-likeness (QED) is 0.890. The summed E-state index contributed by atoms with van der Waals surface area (Å²) in [7, 11) is 0. The molecule has 0 bridgehead atoms. The van der Waals surface area contributed by atoms with Gasteiger partial charge in [-0.1, -0.05) is 0 Å². The van der Waals surface area contributed by atoms with Gasteiger partial charge in [0.25, 0.3) is 0 Å². The average Bonchev–Trinajstić information content (AvgIpc) is 2.89. The molecule has 23 heavy (non-hydrogen) atoms. The second-order valence-corrected chi connectivity index (χ2v) is 7.01. The van der Waals surface area contributed by atoms with E-state index in [0.29, 0.717) is 13.1 Å². The number of carbonyl (C=O) groups is 1. The van der Waals surface area contributed by atoms with Crippen LogP contribution in [-0.4, -0.2) is 47.4 Å².